The summed E-state index contributed by atoms with van der Waals surface area (Å²) in [5.41, 5.74) is 0. The van der Waals surface area contributed by atoms with Crippen LogP contribution in [0.2, 0.25) is 4.47 Å². The molecule has 0 fully saturated rings. The highest BCUT2D eigenvalue weighted by Crippen LogP contribution is 2.14. The fourth-order valence-corrected chi connectivity index (χ4v) is 2.16. The molecular formula is C10H17ClN4OS. The predicted octanol–water partition coefficient (Wildman–Crippen LogP) is 1.65. The van der Waals surface area contributed by atoms with Gasteiger partial charge >= 0.3 is 0 Å². The lowest BCUT2D eigenvalue weighted by molar-refractivity contribution is 0.0950. The van der Waals surface area contributed by atoms with Crippen LogP contribution in [0.1, 0.15) is 30.1 Å². The first kappa shape index (κ1) is 14.3. The van der Waals surface area contributed by atoms with Gasteiger partial charge in [-0.25, -0.2) is 0 Å². The average Bonchev–Trinajstić information content (AvgIpc) is 2.76. The van der Waals surface area contributed by atoms with Crippen LogP contribution in [0, 0.1) is 0 Å². The van der Waals surface area contributed by atoms with Crippen molar-refractivity contribution in [3.05, 3.63) is 9.47 Å². The maximum absolute atomic E-state index is 11.6. The van der Waals surface area contributed by atoms with Crippen LogP contribution < -0.4 is 5.32 Å². The third-order valence-corrected chi connectivity index (χ3v) is 3.44. The van der Waals surface area contributed by atoms with Gasteiger partial charge in [0.25, 0.3) is 5.91 Å². The smallest absolute Gasteiger partial charge is 0.282 e. The molecular weight excluding hydrogens is 260 g/mol. The van der Waals surface area contributed by atoms with Crippen LogP contribution in [-0.2, 0) is 0 Å². The Bertz CT molecular complexity index is 354. The third kappa shape index (κ3) is 4.97. The summed E-state index contributed by atoms with van der Waals surface area (Å²) < 4.78 is 0.290. The van der Waals surface area contributed by atoms with Crippen molar-refractivity contribution in [2.75, 3.05) is 26.2 Å². The number of hydrogen-bond donors (Lipinski definition) is 1. The zero-order valence-corrected chi connectivity index (χ0v) is 11.6. The van der Waals surface area contributed by atoms with E-state index in [0.29, 0.717) is 16.0 Å². The molecule has 96 valence electrons. The lowest BCUT2D eigenvalue weighted by Gasteiger charge is -2.17. The quantitative estimate of drug-likeness (QED) is 0.770. The van der Waals surface area contributed by atoms with Crippen LogP contribution in [0.25, 0.3) is 0 Å². The van der Waals surface area contributed by atoms with Crippen molar-refractivity contribution in [1.29, 1.82) is 0 Å². The molecule has 1 aromatic heterocycles. The minimum atomic E-state index is -0.200. The number of amides is 1. The molecule has 0 aromatic carbocycles. The lowest BCUT2D eigenvalue weighted by atomic mass is 10.3. The molecule has 5 nitrogen and oxygen atoms in total. The lowest BCUT2D eigenvalue weighted by Crippen LogP contribution is -2.29. The standard InChI is InChI=1S/C10H17ClN4OS/c1-3-15(4-2)7-5-6-12-8(16)9-13-14-10(11)17-9/h3-7H2,1-2H3,(H,12,16). The largest absolute Gasteiger partial charge is 0.350 e. The molecule has 7 heteroatoms. The summed E-state index contributed by atoms with van der Waals surface area (Å²) in [6.07, 6.45) is 0.931. The van der Waals surface area contributed by atoms with Gasteiger partial charge in [-0.3, -0.25) is 4.79 Å². The molecule has 17 heavy (non-hydrogen) atoms. The average molecular weight is 277 g/mol. The van der Waals surface area contributed by atoms with Crippen LogP contribution in [0.4, 0.5) is 0 Å². The summed E-state index contributed by atoms with van der Waals surface area (Å²) in [6, 6.07) is 0. The molecule has 0 aliphatic carbocycles. The Hall–Kier alpha value is -0.720. The molecule has 1 amide bonds. The molecule has 0 radical (unpaired) electrons. The Balaban J connectivity index is 2.21. The molecule has 1 aromatic rings. The number of carbonyl (C=O) groups excluding carboxylic acids is 1. The second-order valence-electron chi connectivity index (χ2n) is 3.50. The third-order valence-electron chi connectivity index (χ3n) is 2.43. The van der Waals surface area contributed by atoms with Gasteiger partial charge in [-0.1, -0.05) is 25.2 Å². The van der Waals surface area contributed by atoms with E-state index < -0.39 is 0 Å². The van der Waals surface area contributed by atoms with Crippen molar-refractivity contribution in [3.63, 3.8) is 0 Å². The fraction of sp³-hybridized carbons (Fsp3) is 0.700. The summed E-state index contributed by atoms with van der Waals surface area (Å²) >= 11 is 6.69. The van der Waals surface area contributed by atoms with Crippen molar-refractivity contribution >= 4 is 28.8 Å². The van der Waals surface area contributed by atoms with E-state index in [1.54, 1.807) is 0 Å². The van der Waals surface area contributed by atoms with Crippen molar-refractivity contribution in [2.24, 2.45) is 0 Å². The first-order valence-corrected chi connectivity index (χ1v) is 6.86. The number of aromatic nitrogens is 2. The highest BCUT2D eigenvalue weighted by atomic mass is 35.5. The monoisotopic (exact) mass is 276 g/mol. The second-order valence-corrected chi connectivity index (χ2v) is 5.06. The topological polar surface area (TPSA) is 58.1 Å². The van der Waals surface area contributed by atoms with E-state index in [1.165, 1.54) is 0 Å². The highest BCUT2D eigenvalue weighted by molar-refractivity contribution is 7.17. The molecule has 0 saturated heterocycles. The molecule has 0 saturated carbocycles. The zero-order chi connectivity index (χ0) is 12.7. The fourth-order valence-electron chi connectivity index (χ4n) is 1.42. The number of nitrogens with zero attached hydrogens (tertiary/aromatic N) is 3. The number of halogens is 1. The van der Waals surface area contributed by atoms with Gasteiger partial charge in [-0.15, -0.1) is 10.2 Å². The van der Waals surface area contributed by atoms with Gasteiger partial charge < -0.3 is 10.2 Å². The summed E-state index contributed by atoms with van der Waals surface area (Å²) in [5.74, 6) is -0.200. The summed E-state index contributed by atoms with van der Waals surface area (Å²) in [4.78, 5) is 13.9. The minimum absolute atomic E-state index is 0.200. The van der Waals surface area contributed by atoms with Crippen molar-refractivity contribution < 1.29 is 4.79 Å². The Morgan fingerprint density at radius 1 is 1.41 bits per heavy atom. The SMILES string of the molecule is CCN(CC)CCCNC(=O)c1nnc(Cl)s1. The summed E-state index contributed by atoms with van der Waals surface area (Å²) in [5, 5.41) is 10.4. The normalized spacial score (nSPS) is 10.8. The summed E-state index contributed by atoms with van der Waals surface area (Å²) in [7, 11) is 0. The molecule has 0 aliphatic rings. The van der Waals surface area contributed by atoms with Crippen LogP contribution >= 0.6 is 22.9 Å². The molecule has 0 aliphatic heterocycles. The number of nitrogens with one attached hydrogen (secondary N) is 1. The Morgan fingerprint density at radius 3 is 2.65 bits per heavy atom. The van der Waals surface area contributed by atoms with E-state index in [1.807, 2.05) is 0 Å². The van der Waals surface area contributed by atoms with Crippen LogP contribution in [0.3, 0.4) is 0 Å². The van der Waals surface area contributed by atoms with Gasteiger partial charge in [0.05, 0.1) is 0 Å². The van der Waals surface area contributed by atoms with Gasteiger partial charge in [-0.05, 0) is 37.7 Å². The van der Waals surface area contributed by atoms with Gasteiger partial charge in [0.2, 0.25) is 9.47 Å². The van der Waals surface area contributed by atoms with E-state index in [4.69, 9.17) is 11.6 Å². The molecule has 0 bridgehead atoms. The molecule has 1 N–H and O–H groups in total. The molecule has 0 atom stereocenters. The van der Waals surface area contributed by atoms with Crippen molar-refractivity contribution in [1.82, 2.24) is 20.4 Å². The first-order chi connectivity index (χ1) is 8.17. The zero-order valence-electron chi connectivity index (χ0n) is 10.1. The van der Waals surface area contributed by atoms with E-state index in [-0.39, 0.29) is 5.91 Å². The van der Waals surface area contributed by atoms with E-state index in [0.717, 1.165) is 37.4 Å². The van der Waals surface area contributed by atoms with Gasteiger partial charge in [-0.2, -0.15) is 0 Å². The molecule has 1 rings (SSSR count). The molecule has 0 spiro atoms. The molecule has 0 unspecified atom stereocenters. The number of rotatable bonds is 7. The first-order valence-electron chi connectivity index (χ1n) is 5.67. The van der Waals surface area contributed by atoms with Crippen LogP contribution in [0.5, 0.6) is 0 Å². The van der Waals surface area contributed by atoms with E-state index >= 15 is 0 Å². The Labute approximate surface area is 110 Å². The Morgan fingerprint density at radius 2 is 2.12 bits per heavy atom. The second kappa shape index (κ2) is 7.58. The Kier molecular flexibility index (Phi) is 6.39. The van der Waals surface area contributed by atoms with E-state index in [9.17, 15) is 4.79 Å². The number of hydrogen-bond acceptors (Lipinski definition) is 5. The highest BCUT2D eigenvalue weighted by Gasteiger charge is 2.10. The minimum Gasteiger partial charge on any atom is -0.350 e. The van der Waals surface area contributed by atoms with Gasteiger partial charge in [0.1, 0.15) is 0 Å². The van der Waals surface area contributed by atoms with E-state index in [2.05, 4.69) is 34.3 Å². The summed E-state index contributed by atoms with van der Waals surface area (Å²) in [6.45, 7) is 7.97. The van der Waals surface area contributed by atoms with Gasteiger partial charge in [0.15, 0.2) is 0 Å². The number of carbonyl (C=O) groups is 1. The van der Waals surface area contributed by atoms with Gasteiger partial charge in [0, 0.05) is 6.54 Å². The van der Waals surface area contributed by atoms with Crippen molar-refractivity contribution in [3.8, 4) is 0 Å². The maximum Gasteiger partial charge on any atom is 0.282 e. The predicted molar refractivity (Wildman–Crippen MR) is 69.7 cm³/mol. The maximum atomic E-state index is 11.6. The molecule has 1 heterocycles. The van der Waals surface area contributed by atoms with Crippen molar-refractivity contribution in [2.45, 2.75) is 20.3 Å². The van der Waals surface area contributed by atoms with Crippen LogP contribution in [0.15, 0.2) is 0 Å². The van der Waals surface area contributed by atoms with Crippen LogP contribution in [-0.4, -0.2) is 47.2 Å².